The van der Waals surface area contributed by atoms with Crippen molar-refractivity contribution >= 4 is 22.0 Å². The fourth-order valence-electron chi connectivity index (χ4n) is 2.80. The molecule has 0 aliphatic rings. The lowest BCUT2D eigenvalue weighted by atomic mass is 10.2. The molecule has 9 nitrogen and oxygen atoms in total. The number of aryl methyl sites for hydroxylation is 2. The molecule has 0 aliphatic heterocycles. The summed E-state index contributed by atoms with van der Waals surface area (Å²) in [5.41, 5.74) is 4.67. The van der Waals surface area contributed by atoms with E-state index < -0.39 is 22.0 Å². The van der Waals surface area contributed by atoms with Crippen molar-refractivity contribution in [3.05, 3.63) is 52.8 Å². The van der Waals surface area contributed by atoms with Gasteiger partial charge in [0.1, 0.15) is 0 Å². The van der Waals surface area contributed by atoms with Crippen molar-refractivity contribution in [2.75, 3.05) is 13.1 Å². The molecule has 4 N–H and O–H groups in total. The Morgan fingerprint density at radius 1 is 1.00 bits per heavy atom. The minimum atomic E-state index is -3.38. The van der Waals surface area contributed by atoms with Gasteiger partial charge in [-0.25, -0.2) is 18.0 Å². The number of H-pyrrole nitrogens is 1. The van der Waals surface area contributed by atoms with Crippen LogP contribution in [0.2, 0.25) is 0 Å². The molecular weight excluding hydrogens is 410 g/mol. The second-order valence-corrected chi connectivity index (χ2v) is 8.49. The van der Waals surface area contributed by atoms with Gasteiger partial charge in [-0.1, -0.05) is 26.0 Å². The van der Waals surface area contributed by atoms with Gasteiger partial charge in [-0.05, 0) is 43.2 Å². The number of carbonyl (C=O) groups is 2. The van der Waals surface area contributed by atoms with Crippen LogP contribution < -0.4 is 5.32 Å². The highest BCUT2D eigenvalue weighted by molar-refractivity contribution is 7.89. The second kappa shape index (κ2) is 11.5. The number of hydrogen-bond donors (Lipinski definition) is 4. The summed E-state index contributed by atoms with van der Waals surface area (Å²) in [6, 6.07) is 9.27. The standard InChI is InChI=1S/C18H27N3O2S.C2H2O4/c1-5-21(6-2)24(22,23)18-9-7-16(8-10-18)12-19-13-17-11-14(3)20-15(17)4;3-1(4)2(5)6/h7-11,19-20H,5-6,12-13H2,1-4H3;(H,3,4)(H,5,6). The number of rotatable bonds is 8. The van der Waals surface area contributed by atoms with Crippen LogP contribution in [0.15, 0.2) is 35.2 Å². The SMILES string of the molecule is CCN(CC)S(=O)(=O)c1ccc(CNCc2cc(C)[nH]c2C)cc1.O=C(O)C(=O)O. The maximum absolute atomic E-state index is 12.5. The van der Waals surface area contributed by atoms with E-state index in [2.05, 4.69) is 23.3 Å². The molecule has 166 valence electrons. The number of nitrogens with zero attached hydrogens (tertiary/aromatic N) is 1. The number of sulfonamides is 1. The van der Waals surface area contributed by atoms with Crippen LogP contribution in [0.1, 0.15) is 36.4 Å². The Kier molecular flexibility index (Phi) is 9.70. The van der Waals surface area contributed by atoms with Crippen LogP contribution in [0.25, 0.3) is 0 Å². The van der Waals surface area contributed by atoms with E-state index in [-0.39, 0.29) is 0 Å². The van der Waals surface area contributed by atoms with E-state index in [9.17, 15) is 8.42 Å². The summed E-state index contributed by atoms with van der Waals surface area (Å²) in [5.74, 6) is -3.65. The largest absolute Gasteiger partial charge is 0.473 e. The van der Waals surface area contributed by atoms with E-state index in [1.807, 2.05) is 32.9 Å². The molecule has 0 saturated heterocycles. The zero-order valence-corrected chi connectivity index (χ0v) is 18.4. The first-order chi connectivity index (χ1) is 14.0. The quantitative estimate of drug-likeness (QED) is 0.462. The first kappa shape index (κ1) is 25.3. The van der Waals surface area contributed by atoms with Crippen LogP contribution in [-0.2, 0) is 32.7 Å². The Morgan fingerprint density at radius 2 is 1.53 bits per heavy atom. The maximum Gasteiger partial charge on any atom is 0.414 e. The molecule has 0 unspecified atom stereocenters. The summed E-state index contributed by atoms with van der Waals surface area (Å²) < 4.78 is 26.4. The normalized spacial score (nSPS) is 11.1. The van der Waals surface area contributed by atoms with E-state index in [1.165, 1.54) is 15.6 Å². The average molecular weight is 440 g/mol. The van der Waals surface area contributed by atoms with Crippen LogP contribution in [-0.4, -0.2) is 52.9 Å². The third-order valence-electron chi connectivity index (χ3n) is 4.35. The van der Waals surface area contributed by atoms with Gasteiger partial charge in [0.05, 0.1) is 4.90 Å². The Labute approximate surface area is 176 Å². The molecule has 1 aromatic heterocycles. The van der Waals surface area contributed by atoms with Gasteiger partial charge in [0.25, 0.3) is 0 Å². The molecule has 0 spiro atoms. The number of carboxylic acid groups (broad SMARTS) is 2. The van der Waals surface area contributed by atoms with Crippen molar-refractivity contribution in [1.29, 1.82) is 0 Å². The first-order valence-corrected chi connectivity index (χ1v) is 10.9. The predicted octanol–water partition coefficient (Wildman–Crippen LogP) is 2.11. The van der Waals surface area contributed by atoms with Crippen LogP contribution >= 0.6 is 0 Å². The summed E-state index contributed by atoms with van der Waals surface area (Å²) in [5, 5.41) is 18.2. The molecular formula is C20H29N3O6S. The molecule has 1 aromatic carbocycles. The van der Waals surface area contributed by atoms with Crippen molar-refractivity contribution in [2.45, 2.75) is 45.7 Å². The lowest BCUT2D eigenvalue weighted by molar-refractivity contribution is -0.159. The summed E-state index contributed by atoms with van der Waals surface area (Å²) in [6.45, 7) is 10.3. The van der Waals surface area contributed by atoms with E-state index >= 15 is 0 Å². The lowest BCUT2D eigenvalue weighted by Crippen LogP contribution is -2.30. The molecule has 0 saturated carbocycles. The van der Waals surface area contributed by atoms with Gasteiger partial charge in [-0.15, -0.1) is 0 Å². The molecule has 0 atom stereocenters. The number of carboxylic acids is 2. The van der Waals surface area contributed by atoms with E-state index in [0.717, 1.165) is 17.8 Å². The van der Waals surface area contributed by atoms with Gasteiger partial charge >= 0.3 is 11.9 Å². The fraction of sp³-hybridized carbons (Fsp3) is 0.400. The van der Waals surface area contributed by atoms with E-state index in [0.29, 0.717) is 24.5 Å². The van der Waals surface area contributed by atoms with Crippen LogP contribution in [0, 0.1) is 13.8 Å². The minimum Gasteiger partial charge on any atom is -0.473 e. The highest BCUT2D eigenvalue weighted by Crippen LogP contribution is 2.16. The highest BCUT2D eigenvalue weighted by atomic mass is 32.2. The minimum absolute atomic E-state index is 0.354. The molecule has 0 amide bonds. The van der Waals surface area contributed by atoms with Crippen molar-refractivity contribution < 1.29 is 28.2 Å². The van der Waals surface area contributed by atoms with Crippen molar-refractivity contribution in [3.8, 4) is 0 Å². The monoisotopic (exact) mass is 439 g/mol. The third kappa shape index (κ3) is 7.29. The number of hydrogen-bond acceptors (Lipinski definition) is 5. The number of nitrogens with one attached hydrogen (secondary N) is 2. The summed E-state index contributed by atoms with van der Waals surface area (Å²) in [7, 11) is -3.38. The van der Waals surface area contributed by atoms with Gasteiger partial charge in [-0.2, -0.15) is 4.31 Å². The zero-order valence-electron chi connectivity index (χ0n) is 17.6. The molecule has 1 heterocycles. The van der Waals surface area contributed by atoms with Crippen molar-refractivity contribution in [1.82, 2.24) is 14.6 Å². The smallest absolute Gasteiger partial charge is 0.414 e. The number of aromatic nitrogens is 1. The molecule has 0 fully saturated rings. The maximum atomic E-state index is 12.5. The van der Waals surface area contributed by atoms with Crippen molar-refractivity contribution in [3.63, 3.8) is 0 Å². The molecule has 0 aliphatic carbocycles. The molecule has 0 bridgehead atoms. The number of aliphatic carboxylic acids is 2. The Bertz CT molecular complexity index is 935. The topological polar surface area (TPSA) is 140 Å². The van der Waals surface area contributed by atoms with Gasteiger partial charge in [0.2, 0.25) is 10.0 Å². The molecule has 0 radical (unpaired) electrons. The third-order valence-corrected chi connectivity index (χ3v) is 6.42. The van der Waals surface area contributed by atoms with Gasteiger partial charge in [-0.3, -0.25) is 0 Å². The Morgan fingerprint density at radius 3 is 1.93 bits per heavy atom. The van der Waals surface area contributed by atoms with Crippen molar-refractivity contribution in [2.24, 2.45) is 0 Å². The fourth-order valence-corrected chi connectivity index (χ4v) is 4.26. The zero-order chi connectivity index (χ0) is 22.9. The summed E-state index contributed by atoms with van der Waals surface area (Å²) in [6.07, 6.45) is 0. The predicted molar refractivity (Wildman–Crippen MR) is 113 cm³/mol. The lowest BCUT2D eigenvalue weighted by Gasteiger charge is -2.18. The second-order valence-electron chi connectivity index (χ2n) is 6.55. The highest BCUT2D eigenvalue weighted by Gasteiger charge is 2.21. The molecule has 2 aromatic rings. The summed E-state index contributed by atoms with van der Waals surface area (Å²) in [4.78, 5) is 21.8. The molecule has 30 heavy (non-hydrogen) atoms. The number of aromatic amines is 1. The number of benzene rings is 1. The Balaban J connectivity index is 0.000000656. The molecule has 2 rings (SSSR count). The van der Waals surface area contributed by atoms with Gasteiger partial charge < -0.3 is 20.5 Å². The Hall–Kier alpha value is -2.69. The first-order valence-electron chi connectivity index (χ1n) is 9.44. The van der Waals surface area contributed by atoms with E-state index in [1.54, 1.807) is 12.1 Å². The van der Waals surface area contributed by atoms with Gasteiger partial charge in [0.15, 0.2) is 0 Å². The van der Waals surface area contributed by atoms with Crippen LogP contribution in [0.3, 0.4) is 0 Å². The average Bonchev–Trinajstić information content (AvgIpc) is 3.00. The van der Waals surface area contributed by atoms with Gasteiger partial charge in [0, 0.05) is 37.6 Å². The van der Waals surface area contributed by atoms with Crippen LogP contribution in [0.4, 0.5) is 0 Å². The molecule has 10 heteroatoms. The van der Waals surface area contributed by atoms with Crippen LogP contribution in [0.5, 0.6) is 0 Å². The van der Waals surface area contributed by atoms with E-state index in [4.69, 9.17) is 19.8 Å². The summed E-state index contributed by atoms with van der Waals surface area (Å²) >= 11 is 0.